The molecule has 2 rings (SSSR count). The molecule has 0 saturated carbocycles. The summed E-state index contributed by atoms with van der Waals surface area (Å²) in [5, 5.41) is 18.7. The quantitative estimate of drug-likeness (QED) is 0.333. The van der Waals surface area contributed by atoms with Crippen molar-refractivity contribution >= 4 is 33.4 Å². The summed E-state index contributed by atoms with van der Waals surface area (Å²) >= 11 is 0. The zero-order valence-electron chi connectivity index (χ0n) is 14.1. The Kier molecular flexibility index (Phi) is 6.27. The molecule has 0 heterocycles. The van der Waals surface area contributed by atoms with Gasteiger partial charge in [0, 0.05) is 24.2 Å². The van der Waals surface area contributed by atoms with Gasteiger partial charge in [-0.15, -0.1) is 0 Å². The Balaban J connectivity index is 1.91. The van der Waals surface area contributed by atoms with E-state index in [9.17, 15) is 18.0 Å². The van der Waals surface area contributed by atoms with Crippen LogP contribution in [0, 0.1) is 5.41 Å². The second-order valence-corrected chi connectivity index (χ2v) is 7.29. The summed E-state index contributed by atoms with van der Waals surface area (Å²) in [5.41, 5.74) is 6.12. The summed E-state index contributed by atoms with van der Waals surface area (Å²) in [6.07, 6.45) is -0.119. The number of hydrogen-bond donors (Lipinski definition) is 5. The fourth-order valence-electron chi connectivity index (χ4n) is 2.13. The van der Waals surface area contributed by atoms with Gasteiger partial charge in [0.1, 0.15) is 5.84 Å². The van der Waals surface area contributed by atoms with Gasteiger partial charge in [-0.05, 0) is 36.4 Å². The Morgan fingerprint density at radius 2 is 1.74 bits per heavy atom. The lowest BCUT2D eigenvalue weighted by Gasteiger charge is -2.09. The van der Waals surface area contributed by atoms with Crippen LogP contribution in [0.2, 0.25) is 0 Å². The molecule has 0 unspecified atom stereocenters. The van der Waals surface area contributed by atoms with Gasteiger partial charge in [-0.2, -0.15) is 0 Å². The number of rotatable bonds is 8. The van der Waals surface area contributed by atoms with Crippen molar-refractivity contribution in [1.82, 2.24) is 4.72 Å². The number of amides is 1. The number of hydrogen-bond acceptors (Lipinski definition) is 5. The lowest BCUT2D eigenvalue weighted by molar-refractivity contribution is -0.116. The van der Waals surface area contributed by atoms with Crippen molar-refractivity contribution in [3.63, 3.8) is 0 Å². The Morgan fingerprint density at radius 1 is 1.07 bits per heavy atom. The van der Waals surface area contributed by atoms with Crippen LogP contribution in [0.5, 0.6) is 0 Å². The number of carbonyl (C=O) groups excluding carboxylic acids is 1. The van der Waals surface area contributed by atoms with Gasteiger partial charge in [-0.25, -0.2) is 17.9 Å². The number of carbonyl (C=O) groups is 2. The standard InChI is InChI=1S/C17H18N4O5S/c18-16(19)12-2-1-3-14(10-12)27(25,26)20-9-8-15(22)21-13-6-4-11(5-7-13)17(23)24/h1-7,10,20H,8-9H2,(H3,18,19)(H,21,22)(H,23,24). The van der Waals surface area contributed by atoms with E-state index in [0.29, 0.717) is 5.69 Å². The van der Waals surface area contributed by atoms with Gasteiger partial charge >= 0.3 is 5.97 Å². The third kappa shape index (κ3) is 5.62. The number of carboxylic acid groups (broad SMARTS) is 1. The van der Waals surface area contributed by atoms with Gasteiger partial charge in [0.05, 0.1) is 10.5 Å². The number of anilines is 1. The monoisotopic (exact) mass is 390 g/mol. The molecule has 142 valence electrons. The number of aromatic carboxylic acids is 1. The Bertz CT molecular complexity index is 971. The van der Waals surface area contributed by atoms with Gasteiger partial charge < -0.3 is 16.2 Å². The Hall–Kier alpha value is -3.24. The van der Waals surface area contributed by atoms with E-state index in [4.69, 9.17) is 16.2 Å². The normalized spacial score (nSPS) is 11.0. The molecular weight excluding hydrogens is 372 g/mol. The molecule has 0 saturated heterocycles. The Morgan fingerprint density at radius 3 is 2.33 bits per heavy atom. The number of nitrogens with one attached hydrogen (secondary N) is 3. The van der Waals surface area contributed by atoms with Crippen molar-refractivity contribution in [3.8, 4) is 0 Å². The van der Waals surface area contributed by atoms with E-state index >= 15 is 0 Å². The molecule has 1 amide bonds. The molecule has 0 aliphatic heterocycles. The molecular formula is C17H18N4O5S. The average molecular weight is 390 g/mol. The molecule has 0 radical (unpaired) electrons. The number of nitrogen functional groups attached to an aromatic ring is 1. The van der Waals surface area contributed by atoms with Crippen LogP contribution in [0.25, 0.3) is 0 Å². The molecule has 2 aromatic rings. The number of carboxylic acids is 1. The average Bonchev–Trinajstić information content (AvgIpc) is 2.62. The highest BCUT2D eigenvalue weighted by atomic mass is 32.2. The minimum absolute atomic E-state index is 0.0557. The smallest absolute Gasteiger partial charge is 0.335 e. The third-order valence-corrected chi connectivity index (χ3v) is 4.97. The predicted molar refractivity (Wildman–Crippen MR) is 99.3 cm³/mol. The summed E-state index contributed by atoms with van der Waals surface area (Å²) in [6.45, 7) is -0.133. The molecule has 0 fully saturated rings. The molecule has 0 spiro atoms. The van der Waals surface area contributed by atoms with Crippen LogP contribution < -0.4 is 15.8 Å². The number of nitrogens with two attached hydrogens (primary N) is 1. The fraction of sp³-hybridized carbons (Fsp3) is 0.118. The lowest BCUT2D eigenvalue weighted by atomic mass is 10.2. The molecule has 0 bridgehead atoms. The maximum Gasteiger partial charge on any atom is 0.335 e. The second-order valence-electron chi connectivity index (χ2n) is 5.52. The highest BCUT2D eigenvalue weighted by Crippen LogP contribution is 2.12. The van der Waals surface area contributed by atoms with E-state index in [0.717, 1.165) is 0 Å². The van der Waals surface area contributed by atoms with Crippen molar-refractivity contribution < 1.29 is 23.1 Å². The first-order valence-electron chi connectivity index (χ1n) is 7.76. The van der Waals surface area contributed by atoms with Crippen molar-refractivity contribution in [2.45, 2.75) is 11.3 Å². The largest absolute Gasteiger partial charge is 0.478 e. The van der Waals surface area contributed by atoms with Crippen LogP contribution in [0.4, 0.5) is 5.69 Å². The predicted octanol–water partition coefficient (Wildman–Crippen LogP) is 0.976. The second kappa shape index (κ2) is 8.43. The van der Waals surface area contributed by atoms with E-state index in [1.165, 1.54) is 48.5 Å². The summed E-state index contributed by atoms with van der Waals surface area (Å²) in [6, 6.07) is 11.2. The maximum atomic E-state index is 12.2. The zero-order chi connectivity index (χ0) is 20.0. The Labute approximate surface area is 155 Å². The highest BCUT2D eigenvalue weighted by Gasteiger charge is 2.15. The first kappa shape index (κ1) is 20.1. The molecule has 9 nitrogen and oxygen atoms in total. The van der Waals surface area contributed by atoms with Gasteiger partial charge in [0.15, 0.2) is 0 Å². The third-order valence-electron chi connectivity index (χ3n) is 3.52. The number of amidine groups is 1. The minimum Gasteiger partial charge on any atom is -0.478 e. The summed E-state index contributed by atoms with van der Waals surface area (Å²) < 4.78 is 26.8. The first-order valence-corrected chi connectivity index (χ1v) is 9.25. The molecule has 0 aliphatic rings. The molecule has 10 heteroatoms. The van der Waals surface area contributed by atoms with Crippen molar-refractivity contribution in [1.29, 1.82) is 5.41 Å². The zero-order valence-corrected chi connectivity index (χ0v) is 14.9. The highest BCUT2D eigenvalue weighted by molar-refractivity contribution is 7.89. The van der Waals surface area contributed by atoms with Crippen LogP contribution in [0.1, 0.15) is 22.3 Å². The SMILES string of the molecule is N=C(N)c1cccc(S(=O)(=O)NCCC(=O)Nc2ccc(C(=O)O)cc2)c1. The first-order chi connectivity index (χ1) is 12.7. The molecule has 0 aromatic heterocycles. The van der Waals surface area contributed by atoms with E-state index in [-0.39, 0.29) is 34.8 Å². The van der Waals surface area contributed by atoms with E-state index < -0.39 is 21.9 Å². The van der Waals surface area contributed by atoms with E-state index in [1.807, 2.05) is 0 Å². The molecule has 27 heavy (non-hydrogen) atoms. The van der Waals surface area contributed by atoms with Gasteiger partial charge in [-0.3, -0.25) is 10.2 Å². The van der Waals surface area contributed by atoms with Crippen LogP contribution >= 0.6 is 0 Å². The molecule has 6 N–H and O–H groups in total. The van der Waals surface area contributed by atoms with E-state index in [2.05, 4.69) is 10.0 Å². The van der Waals surface area contributed by atoms with Crippen LogP contribution in [0.3, 0.4) is 0 Å². The van der Waals surface area contributed by atoms with Crippen LogP contribution in [0.15, 0.2) is 53.4 Å². The molecule has 0 atom stereocenters. The number of benzene rings is 2. The van der Waals surface area contributed by atoms with Gasteiger partial charge in [0.2, 0.25) is 15.9 Å². The summed E-state index contributed by atoms with van der Waals surface area (Å²) in [5.74, 6) is -1.75. The van der Waals surface area contributed by atoms with Crippen molar-refractivity contribution in [2.75, 3.05) is 11.9 Å². The van der Waals surface area contributed by atoms with Crippen molar-refractivity contribution in [3.05, 3.63) is 59.7 Å². The van der Waals surface area contributed by atoms with Gasteiger partial charge in [0.25, 0.3) is 0 Å². The summed E-state index contributed by atoms with van der Waals surface area (Å²) in [7, 11) is -3.85. The van der Waals surface area contributed by atoms with Gasteiger partial charge in [-0.1, -0.05) is 12.1 Å². The van der Waals surface area contributed by atoms with E-state index in [1.54, 1.807) is 0 Å². The molecule has 2 aromatic carbocycles. The van der Waals surface area contributed by atoms with Crippen molar-refractivity contribution in [2.24, 2.45) is 5.73 Å². The summed E-state index contributed by atoms with van der Waals surface area (Å²) in [4.78, 5) is 22.6. The minimum atomic E-state index is -3.85. The molecule has 0 aliphatic carbocycles. The maximum absolute atomic E-state index is 12.2. The lowest BCUT2D eigenvalue weighted by Crippen LogP contribution is -2.28. The topological polar surface area (TPSA) is 162 Å². The number of sulfonamides is 1. The fourth-order valence-corrected chi connectivity index (χ4v) is 3.21. The van der Waals surface area contributed by atoms with Crippen LogP contribution in [-0.2, 0) is 14.8 Å². The van der Waals surface area contributed by atoms with Crippen LogP contribution in [-0.4, -0.2) is 37.8 Å².